The standard InChI is InChI=1S/C22H18FN3O2S/c23-19-12-7-13-20(14-19)25-29(27,28)21-16-26(15-17-8-3-1-4-9-17)24-22(21)18-10-5-2-6-11-18/h1-14,16,25H,15H2. The van der Waals surface area contributed by atoms with Gasteiger partial charge in [0, 0.05) is 11.8 Å². The van der Waals surface area contributed by atoms with Crippen LogP contribution in [-0.2, 0) is 16.6 Å². The SMILES string of the molecule is O=S(=O)(Nc1cccc(F)c1)c1cn(Cc2ccccc2)nc1-c1ccccc1. The number of hydrogen-bond acceptors (Lipinski definition) is 3. The molecule has 0 bridgehead atoms. The van der Waals surface area contributed by atoms with Crippen molar-refractivity contribution >= 4 is 15.7 Å². The quantitative estimate of drug-likeness (QED) is 0.510. The molecule has 146 valence electrons. The molecule has 1 aromatic heterocycles. The predicted octanol–water partition coefficient (Wildman–Crippen LogP) is 4.54. The van der Waals surface area contributed by atoms with Gasteiger partial charge in [0.15, 0.2) is 0 Å². The van der Waals surface area contributed by atoms with Gasteiger partial charge in [0.1, 0.15) is 16.4 Å². The highest BCUT2D eigenvalue weighted by atomic mass is 32.2. The molecule has 0 atom stereocenters. The van der Waals surface area contributed by atoms with Crippen molar-refractivity contribution < 1.29 is 12.8 Å². The Kier molecular flexibility index (Phi) is 5.14. The third kappa shape index (κ3) is 4.35. The minimum absolute atomic E-state index is 0.0314. The van der Waals surface area contributed by atoms with Crippen LogP contribution in [0.15, 0.2) is 96.0 Å². The molecule has 0 amide bonds. The van der Waals surface area contributed by atoms with E-state index in [1.807, 2.05) is 48.5 Å². The minimum Gasteiger partial charge on any atom is -0.279 e. The van der Waals surface area contributed by atoms with Crippen LogP contribution < -0.4 is 4.72 Å². The second-order valence-corrected chi connectivity index (χ2v) is 8.16. The van der Waals surface area contributed by atoms with Crippen LogP contribution in [0.3, 0.4) is 0 Å². The Morgan fingerprint density at radius 1 is 0.897 bits per heavy atom. The van der Waals surface area contributed by atoms with Gasteiger partial charge in [-0.25, -0.2) is 12.8 Å². The second-order valence-electron chi connectivity index (χ2n) is 6.51. The van der Waals surface area contributed by atoms with Crippen molar-refractivity contribution in [3.8, 4) is 11.3 Å². The molecule has 7 heteroatoms. The van der Waals surface area contributed by atoms with Crippen molar-refractivity contribution in [3.05, 3.63) is 103 Å². The molecule has 0 radical (unpaired) electrons. The monoisotopic (exact) mass is 407 g/mol. The van der Waals surface area contributed by atoms with E-state index in [9.17, 15) is 12.8 Å². The van der Waals surface area contributed by atoms with E-state index in [2.05, 4.69) is 9.82 Å². The van der Waals surface area contributed by atoms with Crippen molar-refractivity contribution in [1.82, 2.24) is 9.78 Å². The van der Waals surface area contributed by atoms with Gasteiger partial charge < -0.3 is 0 Å². The Morgan fingerprint density at radius 2 is 1.59 bits per heavy atom. The van der Waals surface area contributed by atoms with E-state index >= 15 is 0 Å². The highest BCUT2D eigenvalue weighted by Gasteiger charge is 2.24. The lowest BCUT2D eigenvalue weighted by Gasteiger charge is -2.08. The van der Waals surface area contributed by atoms with Crippen LogP contribution in [0.4, 0.5) is 10.1 Å². The van der Waals surface area contributed by atoms with E-state index < -0.39 is 15.8 Å². The molecule has 5 nitrogen and oxygen atoms in total. The number of anilines is 1. The predicted molar refractivity (Wildman–Crippen MR) is 110 cm³/mol. The average molecular weight is 407 g/mol. The van der Waals surface area contributed by atoms with Crippen LogP contribution in [0.5, 0.6) is 0 Å². The van der Waals surface area contributed by atoms with Gasteiger partial charge in [-0.2, -0.15) is 5.10 Å². The summed E-state index contributed by atoms with van der Waals surface area (Å²) in [4.78, 5) is 0.0314. The number of nitrogens with zero attached hydrogens (tertiary/aromatic N) is 2. The molecule has 0 unspecified atom stereocenters. The van der Waals surface area contributed by atoms with Crippen LogP contribution in [0.1, 0.15) is 5.56 Å². The van der Waals surface area contributed by atoms with E-state index in [0.29, 0.717) is 17.8 Å². The van der Waals surface area contributed by atoms with E-state index in [-0.39, 0.29) is 10.6 Å². The third-order valence-corrected chi connectivity index (χ3v) is 5.71. The molecule has 0 spiro atoms. The maximum atomic E-state index is 13.5. The molecular weight excluding hydrogens is 389 g/mol. The summed E-state index contributed by atoms with van der Waals surface area (Å²) in [6.07, 6.45) is 1.50. The van der Waals surface area contributed by atoms with Crippen molar-refractivity contribution in [2.45, 2.75) is 11.4 Å². The fourth-order valence-electron chi connectivity index (χ4n) is 3.01. The molecule has 0 aliphatic heterocycles. The summed E-state index contributed by atoms with van der Waals surface area (Å²) in [7, 11) is -3.98. The van der Waals surface area contributed by atoms with Crippen molar-refractivity contribution in [2.24, 2.45) is 0 Å². The Hall–Kier alpha value is -3.45. The fraction of sp³-hybridized carbons (Fsp3) is 0.0455. The number of sulfonamides is 1. The summed E-state index contributed by atoms with van der Waals surface area (Å²) in [6.45, 7) is 0.427. The van der Waals surface area contributed by atoms with Crippen LogP contribution in [0, 0.1) is 5.82 Å². The Morgan fingerprint density at radius 3 is 2.28 bits per heavy atom. The van der Waals surface area contributed by atoms with Crippen LogP contribution in [0.2, 0.25) is 0 Å². The Balaban J connectivity index is 1.76. The normalized spacial score (nSPS) is 11.3. The van der Waals surface area contributed by atoms with Crippen LogP contribution >= 0.6 is 0 Å². The number of hydrogen-bond donors (Lipinski definition) is 1. The second kappa shape index (κ2) is 7.89. The minimum atomic E-state index is -3.98. The zero-order chi connectivity index (χ0) is 20.3. The highest BCUT2D eigenvalue weighted by Crippen LogP contribution is 2.28. The van der Waals surface area contributed by atoms with Gasteiger partial charge in [-0.15, -0.1) is 0 Å². The summed E-state index contributed by atoms with van der Waals surface area (Å²) in [6, 6.07) is 24.1. The van der Waals surface area contributed by atoms with Crippen LogP contribution in [0.25, 0.3) is 11.3 Å². The Bertz CT molecular complexity index is 1220. The first-order valence-corrected chi connectivity index (χ1v) is 10.4. The summed E-state index contributed by atoms with van der Waals surface area (Å²) in [5.74, 6) is -0.520. The first-order valence-electron chi connectivity index (χ1n) is 8.96. The van der Waals surface area contributed by atoms with Crippen molar-refractivity contribution in [2.75, 3.05) is 4.72 Å². The van der Waals surface area contributed by atoms with E-state index in [0.717, 1.165) is 11.6 Å². The van der Waals surface area contributed by atoms with Gasteiger partial charge in [0.2, 0.25) is 0 Å². The maximum Gasteiger partial charge on any atom is 0.265 e. The molecule has 4 aromatic rings. The lowest BCUT2D eigenvalue weighted by Crippen LogP contribution is -2.13. The first kappa shape index (κ1) is 18.9. The number of halogens is 1. The van der Waals surface area contributed by atoms with E-state index in [1.54, 1.807) is 16.8 Å². The topological polar surface area (TPSA) is 64.0 Å². The molecule has 0 aliphatic rings. The number of rotatable bonds is 6. The summed E-state index contributed by atoms with van der Waals surface area (Å²) in [5, 5.41) is 4.52. The molecule has 0 saturated heterocycles. The molecule has 0 aliphatic carbocycles. The van der Waals surface area contributed by atoms with Crippen LogP contribution in [-0.4, -0.2) is 18.2 Å². The average Bonchev–Trinajstić information content (AvgIpc) is 3.14. The zero-order valence-corrected chi connectivity index (χ0v) is 16.2. The number of nitrogens with one attached hydrogen (secondary N) is 1. The lowest BCUT2D eigenvalue weighted by molar-refractivity contribution is 0.600. The van der Waals surface area contributed by atoms with Gasteiger partial charge in [0.05, 0.1) is 12.2 Å². The van der Waals surface area contributed by atoms with Crippen molar-refractivity contribution in [3.63, 3.8) is 0 Å². The Labute approximate surface area is 168 Å². The summed E-state index contributed by atoms with van der Waals surface area (Å²) >= 11 is 0. The van der Waals surface area contributed by atoms with Gasteiger partial charge in [-0.1, -0.05) is 66.7 Å². The molecule has 1 heterocycles. The third-order valence-electron chi connectivity index (χ3n) is 4.33. The zero-order valence-electron chi connectivity index (χ0n) is 15.4. The smallest absolute Gasteiger partial charge is 0.265 e. The lowest BCUT2D eigenvalue weighted by atomic mass is 10.2. The molecule has 3 aromatic carbocycles. The largest absolute Gasteiger partial charge is 0.279 e. The van der Waals surface area contributed by atoms with Gasteiger partial charge >= 0.3 is 0 Å². The molecular formula is C22H18FN3O2S. The van der Waals surface area contributed by atoms with Gasteiger partial charge in [0.25, 0.3) is 10.0 Å². The van der Waals surface area contributed by atoms with Gasteiger partial charge in [-0.3, -0.25) is 9.40 Å². The first-order chi connectivity index (χ1) is 14.0. The highest BCUT2D eigenvalue weighted by molar-refractivity contribution is 7.92. The number of benzene rings is 3. The fourth-order valence-corrected chi connectivity index (χ4v) is 4.23. The van der Waals surface area contributed by atoms with E-state index in [1.165, 1.54) is 24.4 Å². The summed E-state index contributed by atoms with van der Waals surface area (Å²) in [5.41, 5.74) is 2.17. The molecule has 1 N–H and O–H groups in total. The molecule has 0 saturated carbocycles. The number of aromatic nitrogens is 2. The summed E-state index contributed by atoms with van der Waals surface area (Å²) < 4.78 is 43.7. The maximum absolute atomic E-state index is 13.5. The van der Waals surface area contributed by atoms with E-state index in [4.69, 9.17) is 0 Å². The van der Waals surface area contributed by atoms with Gasteiger partial charge in [-0.05, 0) is 23.8 Å². The molecule has 29 heavy (non-hydrogen) atoms. The molecule has 0 fully saturated rings. The van der Waals surface area contributed by atoms with Crippen molar-refractivity contribution in [1.29, 1.82) is 0 Å². The molecule has 4 rings (SSSR count).